The molecule has 1 heterocycles. The van der Waals surface area contributed by atoms with E-state index in [2.05, 4.69) is 10.1 Å². The monoisotopic (exact) mass is 245 g/mol. The number of benzene rings is 1. The number of oxime groups is 1. The van der Waals surface area contributed by atoms with Crippen molar-refractivity contribution in [1.82, 2.24) is 0 Å². The number of hydrogen-bond acceptors (Lipinski definition) is 4. The van der Waals surface area contributed by atoms with Crippen LogP contribution in [0.2, 0.25) is 0 Å². The van der Waals surface area contributed by atoms with Crippen LogP contribution in [-0.4, -0.2) is 28.1 Å². The Hall–Kier alpha value is -2.17. The highest BCUT2D eigenvalue weighted by atomic mass is 16.4. The van der Waals surface area contributed by atoms with Gasteiger partial charge in [0.05, 0.1) is 5.54 Å². The summed E-state index contributed by atoms with van der Waals surface area (Å²) in [6.07, 6.45) is 0.768. The van der Waals surface area contributed by atoms with Gasteiger partial charge in [-0.2, -0.15) is 0 Å². The second-order valence-corrected chi connectivity index (χ2v) is 4.92. The number of carbonyl (C=O) groups excluding carboxylic acids is 1. The van der Waals surface area contributed by atoms with Crippen LogP contribution in [0.3, 0.4) is 0 Å². The van der Waals surface area contributed by atoms with Crippen molar-refractivity contribution >= 4 is 17.3 Å². The van der Waals surface area contributed by atoms with Crippen LogP contribution in [0.5, 0.6) is 0 Å². The molecule has 5 nitrogen and oxygen atoms in total. The van der Waals surface area contributed by atoms with Crippen molar-refractivity contribution in [3.8, 4) is 0 Å². The number of carbonyl (C=O) groups is 1. The second-order valence-electron chi connectivity index (χ2n) is 4.92. The van der Waals surface area contributed by atoms with Gasteiger partial charge in [0.15, 0.2) is 5.71 Å². The van der Waals surface area contributed by atoms with Crippen LogP contribution in [0.4, 0.5) is 0 Å². The van der Waals surface area contributed by atoms with E-state index in [-0.39, 0.29) is 11.3 Å². The smallest absolute Gasteiger partial charge is 0.273 e. The molecule has 0 atom stereocenters. The first kappa shape index (κ1) is 12.3. The first-order chi connectivity index (χ1) is 8.44. The molecule has 1 amide bonds. The summed E-state index contributed by atoms with van der Waals surface area (Å²) in [4.78, 5) is 15.8. The normalized spacial score (nSPS) is 17.9. The molecule has 1 aromatic rings. The Bertz CT molecular complexity index is 559. The highest BCUT2D eigenvalue weighted by molar-refractivity contribution is 6.70. The van der Waals surface area contributed by atoms with Crippen molar-refractivity contribution in [2.45, 2.75) is 25.8 Å². The summed E-state index contributed by atoms with van der Waals surface area (Å²) in [5, 5.41) is 11.9. The summed E-state index contributed by atoms with van der Waals surface area (Å²) in [6, 6.07) is 7.60. The Morgan fingerprint density at radius 1 is 1.44 bits per heavy atom. The molecule has 1 aliphatic heterocycles. The minimum Gasteiger partial charge on any atom is -0.410 e. The van der Waals surface area contributed by atoms with Crippen LogP contribution in [0.25, 0.3) is 0 Å². The quantitative estimate of drug-likeness (QED) is 0.464. The first-order valence-electron chi connectivity index (χ1n) is 5.65. The number of primary amides is 1. The van der Waals surface area contributed by atoms with Gasteiger partial charge in [0.25, 0.3) is 5.91 Å². The van der Waals surface area contributed by atoms with E-state index in [0.717, 1.165) is 17.5 Å². The minimum absolute atomic E-state index is 0.199. The zero-order valence-electron chi connectivity index (χ0n) is 10.3. The SMILES string of the molecule is CC1(C)Cc2ccccc2C(/C(=N\O)C(N)=O)=N1. The molecule has 1 aliphatic rings. The van der Waals surface area contributed by atoms with Crippen molar-refractivity contribution in [2.24, 2.45) is 15.9 Å². The molecular weight excluding hydrogens is 230 g/mol. The number of nitrogens with two attached hydrogens (primary N) is 1. The number of amides is 1. The lowest BCUT2D eigenvalue weighted by Gasteiger charge is -2.28. The molecule has 0 fully saturated rings. The number of aliphatic imine (C=N–C) groups is 1. The molecular formula is C13H15N3O2. The lowest BCUT2D eigenvalue weighted by atomic mass is 9.85. The third kappa shape index (κ3) is 2.11. The van der Waals surface area contributed by atoms with Gasteiger partial charge in [-0.15, -0.1) is 0 Å². The van der Waals surface area contributed by atoms with Gasteiger partial charge >= 0.3 is 0 Å². The number of fused-ring (bicyclic) bond motifs is 1. The van der Waals surface area contributed by atoms with Crippen LogP contribution in [0.15, 0.2) is 34.4 Å². The summed E-state index contributed by atoms with van der Waals surface area (Å²) in [5.41, 5.74) is 6.88. The molecule has 94 valence electrons. The third-order valence-corrected chi connectivity index (χ3v) is 2.87. The summed E-state index contributed by atoms with van der Waals surface area (Å²) in [7, 11) is 0. The van der Waals surface area contributed by atoms with Gasteiger partial charge in [-0.25, -0.2) is 0 Å². The van der Waals surface area contributed by atoms with Crippen molar-refractivity contribution < 1.29 is 10.0 Å². The highest BCUT2D eigenvalue weighted by Gasteiger charge is 2.30. The second kappa shape index (κ2) is 4.25. The number of rotatable bonds is 2. The minimum atomic E-state index is -0.788. The summed E-state index contributed by atoms with van der Waals surface area (Å²) in [5.74, 6) is -0.788. The molecule has 2 rings (SSSR count). The van der Waals surface area contributed by atoms with E-state index in [1.807, 2.05) is 38.1 Å². The van der Waals surface area contributed by atoms with Gasteiger partial charge in [-0.3, -0.25) is 9.79 Å². The molecule has 18 heavy (non-hydrogen) atoms. The molecule has 0 unspecified atom stereocenters. The van der Waals surface area contributed by atoms with Gasteiger partial charge in [0.1, 0.15) is 5.71 Å². The predicted octanol–water partition coefficient (Wildman–Crippen LogP) is 1.13. The standard InChI is InChI=1S/C13H15N3O2/c1-13(2)7-8-5-3-4-6-9(8)10(15-13)11(16-18)12(14)17/h3-6,18H,7H2,1-2H3,(H2,14,17)/b16-11+. The van der Waals surface area contributed by atoms with Crippen molar-refractivity contribution in [2.75, 3.05) is 0 Å². The molecule has 0 aliphatic carbocycles. The average molecular weight is 245 g/mol. The van der Waals surface area contributed by atoms with E-state index < -0.39 is 5.91 Å². The van der Waals surface area contributed by atoms with Gasteiger partial charge in [0, 0.05) is 5.56 Å². The fourth-order valence-corrected chi connectivity index (χ4v) is 2.17. The Labute approximate surface area is 105 Å². The fraction of sp³-hybridized carbons (Fsp3) is 0.308. The van der Waals surface area contributed by atoms with Crippen LogP contribution in [0, 0.1) is 0 Å². The van der Waals surface area contributed by atoms with E-state index in [1.54, 1.807) is 0 Å². The van der Waals surface area contributed by atoms with Gasteiger partial charge < -0.3 is 10.9 Å². The van der Waals surface area contributed by atoms with E-state index in [9.17, 15) is 4.79 Å². The number of nitrogens with zero attached hydrogens (tertiary/aromatic N) is 2. The van der Waals surface area contributed by atoms with Crippen molar-refractivity contribution in [1.29, 1.82) is 0 Å². The largest absolute Gasteiger partial charge is 0.410 e. The lowest BCUT2D eigenvalue weighted by molar-refractivity contribution is -0.111. The Morgan fingerprint density at radius 3 is 2.72 bits per heavy atom. The molecule has 1 aromatic carbocycles. The molecule has 0 saturated carbocycles. The summed E-state index contributed by atoms with van der Waals surface area (Å²) in [6.45, 7) is 3.91. The highest BCUT2D eigenvalue weighted by Crippen LogP contribution is 2.27. The molecule has 5 heteroatoms. The lowest BCUT2D eigenvalue weighted by Crippen LogP contribution is -2.38. The fourth-order valence-electron chi connectivity index (χ4n) is 2.17. The van der Waals surface area contributed by atoms with Crippen LogP contribution in [0.1, 0.15) is 25.0 Å². The average Bonchev–Trinajstić information content (AvgIpc) is 2.27. The van der Waals surface area contributed by atoms with Crippen LogP contribution in [-0.2, 0) is 11.2 Å². The zero-order valence-corrected chi connectivity index (χ0v) is 10.3. The maximum Gasteiger partial charge on any atom is 0.273 e. The van der Waals surface area contributed by atoms with E-state index in [4.69, 9.17) is 10.9 Å². The van der Waals surface area contributed by atoms with Gasteiger partial charge in [-0.05, 0) is 25.8 Å². The predicted molar refractivity (Wildman–Crippen MR) is 69.2 cm³/mol. The molecule has 3 N–H and O–H groups in total. The topological polar surface area (TPSA) is 88.0 Å². The summed E-state index contributed by atoms with van der Waals surface area (Å²) < 4.78 is 0. The maximum absolute atomic E-state index is 11.3. The molecule has 0 spiro atoms. The van der Waals surface area contributed by atoms with E-state index in [0.29, 0.717) is 5.71 Å². The zero-order chi connectivity index (χ0) is 13.3. The Morgan fingerprint density at radius 2 is 2.11 bits per heavy atom. The molecule has 0 saturated heterocycles. The summed E-state index contributed by atoms with van der Waals surface area (Å²) >= 11 is 0. The maximum atomic E-state index is 11.3. The Balaban J connectivity index is 2.63. The van der Waals surface area contributed by atoms with Crippen molar-refractivity contribution in [3.63, 3.8) is 0 Å². The van der Waals surface area contributed by atoms with Gasteiger partial charge in [-0.1, -0.05) is 29.4 Å². The molecule has 0 aromatic heterocycles. The molecule has 0 bridgehead atoms. The van der Waals surface area contributed by atoms with Crippen molar-refractivity contribution in [3.05, 3.63) is 35.4 Å². The van der Waals surface area contributed by atoms with E-state index in [1.165, 1.54) is 0 Å². The van der Waals surface area contributed by atoms with E-state index >= 15 is 0 Å². The van der Waals surface area contributed by atoms with Crippen LogP contribution < -0.4 is 5.73 Å². The Kier molecular flexibility index (Phi) is 2.90. The van der Waals surface area contributed by atoms with Gasteiger partial charge in [0.2, 0.25) is 0 Å². The molecule has 0 radical (unpaired) electrons. The first-order valence-corrected chi connectivity index (χ1v) is 5.65. The number of hydrogen-bond donors (Lipinski definition) is 2. The van der Waals surface area contributed by atoms with Crippen LogP contribution >= 0.6 is 0 Å². The third-order valence-electron chi connectivity index (χ3n) is 2.87.